The molecule has 62 valence electrons. The molecule has 0 spiro atoms. The fourth-order valence-corrected chi connectivity index (χ4v) is 1.57. The van der Waals surface area contributed by atoms with Crippen molar-refractivity contribution in [3.8, 4) is 0 Å². The van der Waals surface area contributed by atoms with Gasteiger partial charge in [0.25, 0.3) is 0 Å². The quantitative estimate of drug-likeness (QED) is 0.577. The van der Waals surface area contributed by atoms with Gasteiger partial charge in [-0.1, -0.05) is 0 Å². The molecule has 0 saturated heterocycles. The SMILES string of the molecule is CC1(C)C=CN=c2scnc2=N1. The second kappa shape index (κ2) is 2.48. The van der Waals surface area contributed by atoms with Gasteiger partial charge < -0.3 is 0 Å². The molecule has 0 bridgehead atoms. The Hall–Kier alpha value is -1.03. The van der Waals surface area contributed by atoms with E-state index in [-0.39, 0.29) is 5.54 Å². The van der Waals surface area contributed by atoms with E-state index in [1.165, 1.54) is 11.3 Å². The van der Waals surface area contributed by atoms with Crippen molar-refractivity contribution < 1.29 is 0 Å². The largest absolute Gasteiger partial charge is 0.254 e. The first-order valence-corrected chi connectivity index (χ1v) is 4.60. The molecule has 1 aromatic heterocycles. The average molecular weight is 179 g/mol. The van der Waals surface area contributed by atoms with Crippen LogP contribution in [0.2, 0.25) is 0 Å². The predicted molar refractivity (Wildman–Crippen MR) is 47.6 cm³/mol. The van der Waals surface area contributed by atoms with Crippen LogP contribution in [0.15, 0.2) is 27.8 Å². The molecular weight excluding hydrogens is 170 g/mol. The summed E-state index contributed by atoms with van der Waals surface area (Å²) in [6.45, 7) is 4.07. The highest BCUT2D eigenvalue weighted by Gasteiger charge is 2.12. The molecule has 0 aliphatic carbocycles. The van der Waals surface area contributed by atoms with Gasteiger partial charge in [0.15, 0.2) is 10.2 Å². The lowest BCUT2D eigenvalue weighted by Gasteiger charge is -2.10. The maximum absolute atomic E-state index is 4.45. The number of nitrogens with zero attached hydrogens (tertiary/aromatic N) is 3. The molecule has 2 heterocycles. The van der Waals surface area contributed by atoms with E-state index in [0.717, 1.165) is 10.2 Å². The van der Waals surface area contributed by atoms with Gasteiger partial charge in [-0.15, -0.1) is 11.3 Å². The minimum Gasteiger partial charge on any atom is -0.254 e. The third kappa shape index (κ3) is 1.30. The van der Waals surface area contributed by atoms with Crippen LogP contribution in [0.3, 0.4) is 0 Å². The Labute approximate surface area is 74.2 Å². The molecule has 12 heavy (non-hydrogen) atoms. The van der Waals surface area contributed by atoms with Gasteiger partial charge in [0.05, 0.1) is 11.0 Å². The van der Waals surface area contributed by atoms with Gasteiger partial charge in [-0.05, 0) is 19.9 Å². The van der Waals surface area contributed by atoms with Crippen LogP contribution in [0.25, 0.3) is 0 Å². The predicted octanol–water partition coefficient (Wildman–Crippen LogP) is 0.688. The smallest absolute Gasteiger partial charge is 0.185 e. The van der Waals surface area contributed by atoms with Crippen molar-refractivity contribution in [1.29, 1.82) is 0 Å². The monoisotopic (exact) mass is 179 g/mol. The zero-order chi connectivity index (χ0) is 8.60. The fourth-order valence-electron chi connectivity index (χ4n) is 0.997. The highest BCUT2D eigenvalue weighted by molar-refractivity contribution is 7.06. The van der Waals surface area contributed by atoms with Crippen LogP contribution in [0.1, 0.15) is 13.8 Å². The Kier molecular flexibility index (Phi) is 1.58. The van der Waals surface area contributed by atoms with E-state index in [1.54, 1.807) is 11.7 Å². The molecule has 3 nitrogen and oxygen atoms in total. The minimum atomic E-state index is -0.178. The molecule has 4 heteroatoms. The van der Waals surface area contributed by atoms with Crippen LogP contribution in [-0.4, -0.2) is 10.5 Å². The van der Waals surface area contributed by atoms with Crippen molar-refractivity contribution in [2.75, 3.05) is 0 Å². The first-order valence-electron chi connectivity index (χ1n) is 3.72. The van der Waals surface area contributed by atoms with Gasteiger partial charge in [-0.2, -0.15) is 0 Å². The summed E-state index contributed by atoms with van der Waals surface area (Å²) in [7, 11) is 0. The maximum atomic E-state index is 4.45. The summed E-state index contributed by atoms with van der Waals surface area (Å²) in [6.07, 6.45) is 3.77. The van der Waals surface area contributed by atoms with Crippen molar-refractivity contribution in [2.45, 2.75) is 19.4 Å². The van der Waals surface area contributed by atoms with E-state index in [4.69, 9.17) is 0 Å². The van der Waals surface area contributed by atoms with Crippen LogP contribution in [-0.2, 0) is 0 Å². The Morgan fingerprint density at radius 3 is 3.08 bits per heavy atom. The van der Waals surface area contributed by atoms with Crippen LogP contribution >= 0.6 is 11.3 Å². The molecular formula is C8H9N3S. The first-order chi connectivity index (χ1) is 5.67. The molecule has 0 aromatic carbocycles. The summed E-state index contributed by atoms with van der Waals surface area (Å²) in [5.74, 6) is 0. The Balaban J connectivity index is 2.75. The van der Waals surface area contributed by atoms with Gasteiger partial charge in [0, 0.05) is 6.20 Å². The van der Waals surface area contributed by atoms with E-state index in [1.807, 2.05) is 19.9 Å². The van der Waals surface area contributed by atoms with Gasteiger partial charge in [-0.25, -0.2) is 9.98 Å². The molecule has 0 N–H and O–H groups in total. The molecule has 1 aliphatic heterocycles. The lowest BCUT2D eigenvalue weighted by atomic mass is 10.1. The molecule has 0 unspecified atom stereocenters. The molecule has 0 saturated carbocycles. The molecule has 0 atom stereocenters. The van der Waals surface area contributed by atoms with Gasteiger partial charge in [0.1, 0.15) is 0 Å². The van der Waals surface area contributed by atoms with Crippen molar-refractivity contribution in [1.82, 2.24) is 4.98 Å². The molecule has 1 aliphatic rings. The van der Waals surface area contributed by atoms with E-state index in [0.29, 0.717) is 0 Å². The molecule has 0 fully saturated rings. The first kappa shape index (κ1) is 7.61. The summed E-state index contributed by atoms with van der Waals surface area (Å²) in [5, 5.41) is 0. The van der Waals surface area contributed by atoms with E-state index in [2.05, 4.69) is 15.0 Å². The Morgan fingerprint density at radius 2 is 2.25 bits per heavy atom. The van der Waals surface area contributed by atoms with Gasteiger partial charge >= 0.3 is 0 Å². The van der Waals surface area contributed by atoms with E-state index in [9.17, 15) is 0 Å². The zero-order valence-electron chi connectivity index (χ0n) is 6.98. The molecule has 0 amide bonds. The lowest BCUT2D eigenvalue weighted by molar-refractivity contribution is 0.632. The zero-order valence-corrected chi connectivity index (χ0v) is 7.80. The summed E-state index contributed by atoms with van der Waals surface area (Å²) < 4.78 is 0.900. The average Bonchev–Trinajstić information content (AvgIpc) is 2.31. The number of rotatable bonds is 0. The minimum absolute atomic E-state index is 0.178. The number of hydrogen-bond acceptors (Lipinski definition) is 4. The van der Waals surface area contributed by atoms with E-state index < -0.39 is 0 Å². The molecule has 0 radical (unpaired) electrons. The highest BCUT2D eigenvalue weighted by Crippen LogP contribution is 2.09. The lowest BCUT2D eigenvalue weighted by Crippen LogP contribution is -2.26. The number of aromatic nitrogens is 1. The van der Waals surface area contributed by atoms with Crippen LogP contribution < -0.4 is 10.2 Å². The number of hydrogen-bond donors (Lipinski definition) is 0. The second-order valence-corrected chi connectivity index (χ2v) is 4.02. The fraction of sp³-hybridized carbons (Fsp3) is 0.375. The van der Waals surface area contributed by atoms with Crippen LogP contribution in [0.4, 0.5) is 0 Å². The summed E-state index contributed by atoms with van der Waals surface area (Å²) in [4.78, 5) is 12.8. The maximum Gasteiger partial charge on any atom is 0.185 e. The third-order valence-corrected chi connectivity index (χ3v) is 2.32. The summed E-state index contributed by atoms with van der Waals surface area (Å²) in [6, 6.07) is 0. The van der Waals surface area contributed by atoms with Crippen LogP contribution in [0.5, 0.6) is 0 Å². The number of fused-ring (bicyclic) bond motifs is 1. The van der Waals surface area contributed by atoms with Crippen molar-refractivity contribution in [2.24, 2.45) is 9.98 Å². The second-order valence-electron chi connectivity index (χ2n) is 3.19. The number of thiazole rings is 1. The third-order valence-electron chi connectivity index (χ3n) is 1.60. The topological polar surface area (TPSA) is 37.6 Å². The van der Waals surface area contributed by atoms with Crippen molar-refractivity contribution >= 4 is 11.3 Å². The Morgan fingerprint density at radius 1 is 1.42 bits per heavy atom. The Bertz CT molecular complexity index is 427. The van der Waals surface area contributed by atoms with E-state index >= 15 is 0 Å². The van der Waals surface area contributed by atoms with Crippen molar-refractivity contribution in [3.05, 3.63) is 27.9 Å². The molecule has 1 aromatic rings. The summed E-state index contributed by atoms with van der Waals surface area (Å²) in [5.41, 5.74) is 2.35. The van der Waals surface area contributed by atoms with Crippen LogP contribution in [0, 0.1) is 0 Å². The molecule has 2 rings (SSSR count). The summed E-state index contributed by atoms with van der Waals surface area (Å²) >= 11 is 1.52. The van der Waals surface area contributed by atoms with Gasteiger partial charge in [0.2, 0.25) is 0 Å². The van der Waals surface area contributed by atoms with Crippen molar-refractivity contribution in [3.63, 3.8) is 0 Å². The van der Waals surface area contributed by atoms with Gasteiger partial charge in [-0.3, -0.25) is 4.99 Å². The standard InChI is InChI=1S/C8H9N3S/c1-8(2)3-4-9-7-6(11-8)10-5-12-7/h3-5H,1-2H3. The normalized spacial score (nSPS) is 18.8. The highest BCUT2D eigenvalue weighted by atomic mass is 32.1.